The van der Waals surface area contributed by atoms with Crippen LogP contribution in [0.15, 0.2) is 101 Å². The maximum Gasteiger partial charge on any atom is 0.239 e. The molecule has 41 heavy (non-hydrogen) atoms. The van der Waals surface area contributed by atoms with Gasteiger partial charge in [0.05, 0.1) is 23.9 Å². The molecule has 8 heteroatoms. The second-order valence-corrected chi connectivity index (χ2v) is 9.51. The summed E-state index contributed by atoms with van der Waals surface area (Å²) in [7, 11) is 0. The average Bonchev–Trinajstić information content (AvgIpc) is 3.00. The van der Waals surface area contributed by atoms with E-state index < -0.39 is 0 Å². The van der Waals surface area contributed by atoms with E-state index in [2.05, 4.69) is 100.0 Å². The number of hydrogen-bond acceptors (Lipinski definition) is 6. The Morgan fingerprint density at radius 2 is 1.29 bits per heavy atom. The molecule has 0 amide bonds. The van der Waals surface area contributed by atoms with Crippen molar-refractivity contribution in [2.45, 2.75) is 27.2 Å². The molecule has 4 aromatic carbocycles. The Balaban J connectivity index is 0.00000387. The molecule has 0 unspecified atom stereocenters. The lowest BCUT2D eigenvalue weighted by molar-refractivity contribution is -0.538. The number of para-hydroxylation sites is 1. The van der Waals surface area contributed by atoms with E-state index in [1.54, 1.807) is 0 Å². The van der Waals surface area contributed by atoms with Gasteiger partial charge < -0.3 is 22.2 Å². The van der Waals surface area contributed by atoms with Crippen molar-refractivity contribution in [1.29, 1.82) is 5.26 Å². The van der Waals surface area contributed by atoms with Gasteiger partial charge in [-0.05, 0) is 69.3 Å². The fraction of sp³-hybridized carbons (Fsp3) is 0.242. The molecule has 0 bridgehead atoms. The van der Waals surface area contributed by atoms with Gasteiger partial charge in [0.25, 0.3) is 0 Å². The zero-order valence-corrected chi connectivity index (χ0v) is 24.5. The topological polar surface area (TPSA) is 71.8 Å². The lowest BCUT2D eigenvalue weighted by atomic mass is 10.1. The van der Waals surface area contributed by atoms with E-state index in [1.165, 1.54) is 5.69 Å². The van der Waals surface area contributed by atoms with Gasteiger partial charge in [0.1, 0.15) is 11.0 Å². The Kier molecular flexibility index (Phi) is 9.83. The number of nitrogens with zero attached hydrogens (tertiary/aromatic N) is 7. The summed E-state index contributed by atoms with van der Waals surface area (Å²) in [5.41, 5.74) is 8.71. The van der Waals surface area contributed by atoms with Crippen molar-refractivity contribution in [3.05, 3.63) is 91.0 Å². The predicted octanol–water partition coefficient (Wildman–Crippen LogP) is 4.67. The first-order valence-corrected chi connectivity index (χ1v) is 13.9. The van der Waals surface area contributed by atoms with Crippen LogP contribution in [0.4, 0.5) is 22.7 Å². The summed E-state index contributed by atoms with van der Waals surface area (Å²) >= 11 is 0. The largest absolute Gasteiger partial charge is 1.00 e. The first kappa shape index (κ1) is 29.4. The Morgan fingerprint density at radius 1 is 0.707 bits per heavy atom. The number of hydrogen-bond donors (Lipinski definition) is 0. The van der Waals surface area contributed by atoms with E-state index in [0.717, 1.165) is 64.5 Å². The summed E-state index contributed by atoms with van der Waals surface area (Å²) in [5.74, 6) is 0. The van der Waals surface area contributed by atoms with Crippen molar-refractivity contribution in [3.63, 3.8) is 0 Å². The quantitative estimate of drug-likeness (QED) is 0.141. The maximum atomic E-state index is 8.92. The molecule has 0 aliphatic heterocycles. The summed E-state index contributed by atoms with van der Waals surface area (Å²) in [6.07, 6.45) is 0.501. The molecule has 0 radical (unpaired) electrons. The van der Waals surface area contributed by atoms with Crippen molar-refractivity contribution in [3.8, 4) is 11.8 Å². The minimum absolute atomic E-state index is 0. The van der Waals surface area contributed by atoms with Crippen molar-refractivity contribution in [2.24, 2.45) is 10.2 Å². The number of nitriles is 1. The lowest BCUT2D eigenvalue weighted by Crippen LogP contribution is -3.00. The first-order valence-electron chi connectivity index (χ1n) is 13.9. The van der Waals surface area contributed by atoms with Gasteiger partial charge in [0.2, 0.25) is 16.7 Å². The molecule has 0 atom stereocenters. The van der Waals surface area contributed by atoms with Crippen LogP contribution >= 0.6 is 0 Å². The van der Waals surface area contributed by atoms with Gasteiger partial charge in [0.15, 0.2) is 0 Å². The van der Waals surface area contributed by atoms with Crippen LogP contribution < -0.4 is 26.8 Å². The monoisotopic (exact) mass is 563 g/mol. The summed E-state index contributed by atoms with van der Waals surface area (Å²) < 4.78 is 2.26. The first-order chi connectivity index (χ1) is 19.6. The molecule has 0 saturated carbocycles. The van der Waals surface area contributed by atoms with Crippen LogP contribution in [-0.4, -0.2) is 31.2 Å². The average molecular weight is 564 g/mol. The van der Waals surface area contributed by atoms with Crippen LogP contribution in [0.2, 0.25) is 0 Å². The molecule has 0 fully saturated rings. The van der Waals surface area contributed by atoms with Crippen molar-refractivity contribution in [2.75, 3.05) is 36.0 Å². The maximum absolute atomic E-state index is 8.92. The van der Waals surface area contributed by atoms with E-state index in [-0.39, 0.29) is 12.4 Å². The smallest absolute Gasteiger partial charge is 0.239 e. The number of halogens is 1. The van der Waals surface area contributed by atoms with E-state index in [4.69, 9.17) is 10.2 Å². The Bertz CT molecular complexity index is 1670. The molecule has 0 spiro atoms. The molecule has 1 heterocycles. The number of fused-ring (bicyclic) bond motifs is 2. The van der Waals surface area contributed by atoms with Gasteiger partial charge in [-0.1, -0.05) is 18.2 Å². The standard InChI is InChI=1S/C33H34N7.ClH/c1-4-38(5-2)29-18-20-31-33(24-29)40(28-11-8-7-9-12-28)32-23-26(15-19-30(32)35-31)37-36-25-13-16-27(17-14-25)39(6-3)22-10-21-34;/h7-9,11-20,23-24H,4-6,10,22H2,1-3H3;1H/q+1;/p-1. The minimum atomic E-state index is 0. The Morgan fingerprint density at radius 3 is 1.95 bits per heavy atom. The highest BCUT2D eigenvalue weighted by atomic mass is 35.5. The highest BCUT2D eigenvalue weighted by Crippen LogP contribution is 2.27. The third-order valence-electron chi connectivity index (χ3n) is 7.15. The zero-order valence-electron chi connectivity index (χ0n) is 23.7. The van der Waals surface area contributed by atoms with Crippen LogP contribution in [0.1, 0.15) is 27.2 Å². The summed E-state index contributed by atoms with van der Waals surface area (Å²) in [5, 5.41) is 18.0. The molecule has 7 nitrogen and oxygen atoms in total. The number of aromatic nitrogens is 2. The molecule has 5 rings (SSSR count). The van der Waals surface area contributed by atoms with E-state index in [0.29, 0.717) is 13.0 Å². The van der Waals surface area contributed by atoms with Crippen molar-refractivity contribution in [1.82, 2.24) is 4.98 Å². The zero-order chi connectivity index (χ0) is 27.9. The van der Waals surface area contributed by atoms with Gasteiger partial charge in [-0.3, -0.25) is 0 Å². The van der Waals surface area contributed by atoms with E-state index in [9.17, 15) is 0 Å². The lowest BCUT2D eigenvalue weighted by Gasteiger charge is -2.21. The van der Waals surface area contributed by atoms with Gasteiger partial charge in [0, 0.05) is 61.8 Å². The molecule has 5 aromatic rings. The minimum Gasteiger partial charge on any atom is -1.00 e. The van der Waals surface area contributed by atoms with Crippen molar-refractivity contribution >= 4 is 44.8 Å². The second-order valence-electron chi connectivity index (χ2n) is 9.51. The molecule has 0 saturated heterocycles. The Hall–Kier alpha value is -4.54. The fourth-order valence-electron chi connectivity index (χ4n) is 5.03. The van der Waals surface area contributed by atoms with Gasteiger partial charge in [-0.25, -0.2) is 4.98 Å². The molecule has 208 valence electrons. The third kappa shape index (κ3) is 6.45. The van der Waals surface area contributed by atoms with Gasteiger partial charge >= 0.3 is 0 Å². The van der Waals surface area contributed by atoms with Crippen LogP contribution in [0, 0.1) is 11.3 Å². The van der Waals surface area contributed by atoms with Crippen molar-refractivity contribution < 1.29 is 17.0 Å². The molecule has 0 aliphatic rings. The summed E-state index contributed by atoms with van der Waals surface area (Å²) in [6.45, 7) is 9.89. The van der Waals surface area contributed by atoms with E-state index in [1.807, 2.05) is 42.5 Å². The molecular formula is C33H34ClN7. The molecule has 0 aliphatic carbocycles. The summed E-state index contributed by atoms with van der Waals surface area (Å²) in [4.78, 5) is 9.52. The molecule has 1 aromatic heterocycles. The normalized spacial score (nSPS) is 11.0. The number of azo groups is 1. The highest BCUT2D eigenvalue weighted by Gasteiger charge is 2.21. The highest BCUT2D eigenvalue weighted by molar-refractivity contribution is 5.85. The van der Waals surface area contributed by atoms with Gasteiger partial charge in [-0.15, -0.1) is 4.57 Å². The van der Waals surface area contributed by atoms with Crippen LogP contribution in [-0.2, 0) is 0 Å². The Labute approximate surface area is 247 Å². The predicted molar refractivity (Wildman–Crippen MR) is 163 cm³/mol. The number of benzene rings is 4. The number of anilines is 2. The van der Waals surface area contributed by atoms with Crippen LogP contribution in [0.3, 0.4) is 0 Å². The van der Waals surface area contributed by atoms with Crippen LogP contribution in [0.25, 0.3) is 27.8 Å². The molecule has 0 N–H and O–H groups in total. The number of rotatable bonds is 10. The summed E-state index contributed by atoms with van der Waals surface area (Å²) in [6, 6.07) is 33.1. The molecular weight excluding hydrogens is 530 g/mol. The van der Waals surface area contributed by atoms with Gasteiger partial charge in [-0.2, -0.15) is 15.5 Å². The van der Waals surface area contributed by atoms with E-state index >= 15 is 0 Å². The fourth-order valence-corrected chi connectivity index (χ4v) is 5.03. The SMILES string of the molecule is CCN(CC)c1ccc2nc3ccc(N=Nc4ccc(N(CC)CCC#N)cc4)cc3[n+](-c3ccccc3)c2c1.[Cl-]. The third-order valence-corrected chi connectivity index (χ3v) is 7.15. The second kappa shape index (κ2) is 13.7. The van der Waals surface area contributed by atoms with Crippen LogP contribution in [0.5, 0.6) is 0 Å².